The maximum Gasteiger partial charge on any atom is 0.284 e. The van der Waals surface area contributed by atoms with Gasteiger partial charge in [0.15, 0.2) is 5.58 Å². The number of fused-ring (bicyclic) bond motifs is 1. The van der Waals surface area contributed by atoms with Crippen LogP contribution in [0, 0.1) is 20.2 Å². The zero-order chi connectivity index (χ0) is 7.84. The Balaban J connectivity index is 2.93. The molecule has 0 unspecified atom stereocenters. The van der Waals surface area contributed by atoms with Gasteiger partial charge in [-0.25, -0.2) is 4.98 Å². The Morgan fingerprint density at radius 1 is 1.36 bits per heavy atom. The highest BCUT2D eigenvalue weighted by atomic mass is 16.3. The monoisotopic (exact) mass is 146 g/mol. The maximum absolute atomic E-state index is 5.02. The molecule has 1 heterocycles. The smallest absolute Gasteiger partial charge is 0.284 e. The highest BCUT2D eigenvalue weighted by Gasteiger charge is 2.02. The first kappa shape index (κ1) is 6.40. The largest absolute Gasteiger partial charge is 0.432 e. The zero-order valence-corrected chi connectivity index (χ0v) is 6.51. The lowest BCUT2D eigenvalue weighted by molar-refractivity contribution is 0.591. The van der Waals surface area contributed by atoms with Crippen LogP contribution in [0.1, 0.15) is 11.1 Å². The quantitative estimate of drug-likeness (QED) is 0.569. The summed E-state index contributed by atoms with van der Waals surface area (Å²) in [4.78, 5) is 3.99. The van der Waals surface area contributed by atoms with Crippen LogP contribution < -0.4 is 0 Å². The number of aryl methyl sites for hydroxylation is 2. The normalized spacial score (nSPS) is 10.7. The Morgan fingerprint density at radius 2 is 2.18 bits per heavy atom. The third kappa shape index (κ3) is 0.827. The van der Waals surface area contributed by atoms with Gasteiger partial charge in [0.1, 0.15) is 5.52 Å². The first-order valence-corrected chi connectivity index (χ1v) is 3.52. The Labute approximate surface area is 64.9 Å². The molecule has 0 saturated carbocycles. The van der Waals surface area contributed by atoms with E-state index in [9.17, 15) is 0 Å². The van der Waals surface area contributed by atoms with E-state index in [-0.39, 0.29) is 0 Å². The second-order valence-electron chi connectivity index (χ2n) is 2.66. The fraction of sp³-hybridized carbons (Fsp3) is 0.222. The van der Waals surface area contributed by atoms with Crippen LogP contribution in [-0.4, -0.2) is 4.98 Å². The first-order valence-electron chi connectivity index (χ1n) is 3.52. The molecule has 0 aliphatic carbocycles. The minimum atomic E-state index is 0.813. The van der Waals surface area contributed by atoms with Gasteiger partial charge in [0.2, 0.25) is 0 Å². The molecular formula is C9H8NO. The van der Waals surface area contributed by atoms with Crippen molar-refractivity contribution in [1.29, 1.82) is 0 Å². The van der Waals surface area contributed by atoms with Crippen LogP contribution in [-0.2, 0) is 0 Å². The van der Waals surface area contributed by atoms with Crippen molar-refractivity contribution in [2.45, 2.75) is 13.8 Å². The summed E-state index contributed by atoms with van der Waals surface area (Å²) in [5.74, 6) is 0. The van der Waals surface area contributed by atoms with E-state index in [4.69, 9.17) is 4.42 Å². The van der Waals surface area contributed by atoms with Gasteiger partial charge in [0, 0.05) is 0 Å². The van der Waals surface area contributed by atoms with E-state index in [0.29, 0.717) is 0 Å². The van der Waals surface area contributed by atoms with Gasteiger partial charge in [-0.3, -0.25) is 0 Å². The third-order valence-electron chi connectivity index (χ3n) is 1.98. The zero-order valence-electron chi connectivity index (χ0n) is 6.51. The Morgan fingerprint density at radius 3 is 3.00 bits per heavy atom. The van der Waals surface area contributed by atoms with Crippen LogP contribution in [0.3, 0.4) is 0 Å². The van der Waals surface area contributed by atoms with Crippen molar-refractivity contribution in [3.8, 4) is 0 Å². The Bertz CT molecular complexity index is 389. The molecule has 0 amide bonds. The van der Waals surface area contributed by atoms with E-state index in [2.05, 4.69) is 18.3 Å². The van der Waals surface area contributed by atoms with Gasteiger partial charge in [-0.15, -0.1) is 0 Å². The summed E-state index contributed by atoms with van der Waals surface area (Å²) in [5, 5.41) is 0. The maximum atomic E-state index is 5.02. The molecule has 2 aromatic rings. The van der Waals surface area contributed by atoms with Crippen LogP contribution in [0.5, 0.6) is 0 Å². The van der Waals surface area contributed by atoms with Crippen LogP contribution in [0.15, 0.2) is 16.5 Å². The second kappa shape index (κ2) is 2.09. The van der Waals surface area contributed by atoms with Crippen LogP contribution in [0.25, 0.3) is 11.1 Å². The molecule has 1 radical (unpaired) electrons. The molecular weight excluding hydrogens is 138 g/mol. The van der Waals surface area contributed by atoms with Gasteiger partial charge in [0.05, 0.1) is 0 Å². The highest BCUT2D eigenvalue weighted by Crippen LogP contribution is 2.18. The molecule has 0 atom stereocenters. The summed E-state index contributed by atoms with van der Waals surface area (Å²) < 4.78 is 5.02. The van der Waals surface area contributed by atoms with Crippen LogP contribution >= 0.6 is 0 Å². The first-order chi connectivity index (χ1) is 5.29. The van der Waals surface area contributed by atoms with Gasteiger partial charge in [-0.05, 0) is 31.0 Å². The molecule has 2 rings (SSSR count). The van der Waals surface area contributed by atoms with E-state index in [1.54, 1.807) is 0 Å². The Kier molecular flexibility index (Phi) is 1.22. The minimum Gasteiger partial charge on any atom is -0.432 e. The molecule has 1 aromatic heterocycles. The van der Waals surface area contributed by atoms with E-state index in [0.717, 1.165) is 11.1 Å². The van der Waals surface area contributed by atoms with Crippen molar-refractivity contribution >= 4 is 11.1 Å². The van der Waals surface area contributed by atoms with Gasteiger partial charge in [0.25, 0.3) is 6.39 Å². The predicted octanol–water partition coefficient (Wildman–Crippen LogP) is 2.24. The molecule has 0 spiro atoms. The summed E-state index contributed by atoms with van der Waals surface area (Å²) in [5.41, 5.74) is 4.14. The predicted molar refractivity (Wildman–Crippen MR) is 42.3 cm³/mol. The van der Waals surface area contributed by atoms with Crippen LogP contribution in [0.2, 0.25) is 0 Å². The standard InChI is InChI=1S/C9H8NO/c1-6-3-4-8-9(7(6)2)10-5-11-8/h3-4H,1-2H3. The number of benzene rings is 1. The Hall–Kier alpha value is -1.31. The molecule has 0 aliphatic heterocycles. The van der Waals surface area contributed by atoms with Crippen molar-refractivity contribution in [3.63, 3.8) is 0 Å². The molecule has 0 aliphatic rings. The number of hydrogen-bond acceptors (Lipinski definition) is 2. The summed E-state index contributed by atoms with van der Waals surface area (Å²) in [6.07, 6.45) is 2.48. The molecule has 0 N–H and O–H groups in total. The van der Waals surface area contributed by atoms with Gasteiger partial charge < -0.3 is 4.42 Å². The average Bonchev–Trinajstić information content (AvgIpc) is 2.45. The molecule has 1 aromatic carbocycles. The summed E-state index contributed by atoms with van der Waals surface area (Å²) >= 11 is 0. The third-order valence-corrected chi connectivity index (χ3v) is 1.98. The van der Waals surface area contributed by atoms with Crippen molar-refractivity contribution in [2.75, 3.05) is 0 Å². The summed E-state index contributed by atoms with van der Waals surface area (Å²) in [7, 11) is 0. The molecule has 0 bridgehead atoms. The van der Waals surface area contributed by atoms with Gasteiger partial charge in [-0.2, -0.15) is 0 Å². The van der Waals surface area contributed by atoms with E-state index in [1.165, 1.54) is 11.1 Å². The highest BCUT2D eigenvalue weighted by molar-refractivity contribution is 5.76. The number of aromatic nitrogens is 1. The summed E-state index contributed by atoms with van der Waals surface area (Å²) in [6.45, 7) is 4.09. The number of oxazole rings is 1. The lowest BCUT2D eigenvalue weighted by Crippen LogP contribution is -1.80. The molecule has 11 heavy (non-hydrogen) atoms. The molecule has 55 valence electrons. The van der Waals surface area contributed by atoms with E-state index >= 15 is 0 Å². The SMILES string of the molecule is Cc1ccc2o[c]nc2c1C. The molecule has 2 nitrogen and oxygen atoms in total. The van der Waals surface area contributed by atoms with E-state index < -0.39 is 0 Å². The van der Waals surface area contributed by atoms with Crippen molar-refractivity contribution < 1.29 is 4.42 Å². The summed E-state index contributed by atoms with van der Waals surface area (Å²) in [6, 6.07) is 3.94. The van der Waals surface area contributed by atoms with Crippen molar-refractivity contribution in [3.05, 3.63) is 29.7 Å². The van der Waals surface area contributed by atoms with Crippen molar-refractivity contribution in [1.82, 2.24) is 4.98 Å². The lowest BCUT2D eigenvalue weighted by Gasteiger charge is -1.96. The van der Waals surface area contributed by atoms with Gasteiger partial charge in [-0.1, -0.05) is 6.07 Å². The lowest BCUT2D eigenvalue weighted by atomic mass is 10.1. The average molecular weight is 146 g/mol. The number of nitrogens with zero attached hydrogens (tertiary/aromatic N) is 1. The topological polar surface area (TPSA) is 26.0 Å². The second-order valence-corrected chi connectivity index (χ2v) is 2.66. The number of hydrogen-bond donors (Lipinski definition) is 0. The van der Waals surface area contributed by atoms with E-state index in [1.807, 2.05) is 19.1 Å². The molecule has 0 saturated heterocycles. The minimum absolute atomic E-state index is 0.813. The van der Waals surface area contributed by atoms with Crippen LogP contribution in [0.4, 0.5) is 0 Å². The van der Waals surface area contributed by atoms with Gasteiger partial charge >= 0.3 is 0 Å². The number of rotatable bonds is 0. The molecule has 0 fully saturated rings. The fourth-order valence-electron chi connectivity index (χ4n) is 1.12. The fourth-order valence-corrected chi connectivity index (χ4v) is 1.12. The van der Waals surface area contributed by atoms with Crippen molar-refractivity contribution in [2.24, 2.45) is 0 Å². The molecule has 2 heteroatoms.